The van der Waals surface area contributed by atoms with Crippen molar-refractivity contribution >= 4 is 23.0 Å². The van der Waals surface area contributed by atoms with Crippen molar-refractivity contribution < 1.29 is 22.5 Å². The van der Waals surface area contributed by atoms with Gasteiger partial charge in [0.2, 0.25) is 15.9 Å². The molecule has 1 aliphatic heterocycles. The summed E-state index contributed by atoms with van der Waals surface area (Å²) in [5.41, 5.74) is 7.07. The molecule has 1 aromatic rings. The van der Waals surface area contributed by atoms with E-state index in [0.717, 1.165) is 30.0 Å². The number of carbonyl (C=O) groups excluding carboxylic acids is 1. The van der Waals surface area contributed by atoms with Gasteiger partial charge in [0.15, 0.2) is 0 Å². The number of aryl methyl sites for hydroxylation is 1. The molecule has 1 aromatic carbocycles. The van der Waals surface area contributed by atoms with Crippen LogP contribution in [0.25, 0.3) is 0 Å². The first-order valence-corrected chi connectivity index (χ1v) is 14.3. The van der Waals surface area contributed by atoms with E-state index in [1.165, 1.54) is 19.7 Å². The topological polar surface area (TPSA) is 111 Å². The summed E-state index contributed by atoms with van der Waals surface area (Å²) in [6, 6.07) is 9.02. The Labute approximate surface area is 210 Å². The maximum atomic E-state index is 13.0. The molecule has 4 fully saturated rings. The van der Waals surface area contributed by atoms with E-state index >= 15 is 0 Å². The highest BCUT2D eigenvalue weighted by Crippen LogP contribution is 2.65. The normalized spacial score (nSPS) is 30.9. The second kappa shape index (κ2) is 9.78. The van der Waals surface area contributed by atoms with Crippen LogP contribution in [0.15, 0.2) is 30.3 Å². The summed E-state index contributed by atoms with van der Waals surface area (Å²) >= 11 is 0. The molecule has 0 aromatic heterocycles. The molecule has 0 radical (unpaired) electrons. The second-order valence-electron chi connectivity index (χ2n) is 11.5. The fourth-order valence-electron chi connectivity index (χ4n) is 6.26. The third-order valence-corrected chi connectivity index (χ3v) is 10.6. The minimum absolute atomic E-state index is 0.000549. The highest BCUT2D eigenvalue weighted by atomic mass is 32.2. The minimum Gasteiger partial charge on any atom is -0.404 e. The molecule has 1 saturated heterocycles. The smallest absolute Gasteiger partial charge is 0.404 e. The number of hydrogen-bond acceptors (Lipinski definition) is 6. The first kappa shape index (κ1) is 26.6. The number of sulfonamides is 1. The van der Waals surface area contributed by atoms with Crippen molar-refractivity contribution in [3.8, 4) is 0 Å². The summed E-state index contributed by atoms with van der Waals surface area (Å²) in [7, 11) is -1.33. The molecule has 3 saturated carbocycles. The van der Waals surface area contributed by atoms with Gasteiger partial charge in [-0.25, -0.2) is 12.7 Å². The summed E-state index contributed by atoms with van der Waals surface area (Å²) in [6.45, 7) is 6.78. The average Bonchev–Trinajstić information content (AvgIpc) is 3.15. The third kappa shape index (κ3) is 5.18. The van der Waals surface area contributed by atoms with Crippen molar-refractivity contribution in [2.45, 2.75) is 76.6 Å². The molecule has 5 rings (SSSR count). The second-order valence-corrected chi connectivity index (χ2v) is 13.7. The van der Waals surface area contributed by atoms with Gasteiger partial charge in [0, 0.05) is 14.1 Å². The van der Waals surface area contributed by atoms with Gasteiger partial charge in [-0.15, -0.1) is 0 Å². The van der Waals surface area contributed by atoms with Gasteiger partial charge in [0.25, 0.3) is 0 Å². The Balaban J connectivity index is 1.46. The monoisotopic (exact) mass is 505 g/mol. The Morgan fingerprint density at radius 3 is 2.54 bits per heavy atom. The van der Waals surface area contributed by atoms with Gasteiger partial charge < -0.3 is 20.4 Å². The van der Waals surface area contributed by atoms with Crippen LogP contribution in [0, 0.1) is 17.3 Å². The van der Waals surface area contributed by atoms with Crippen LogP contribution in [-0.2, 0) is 30.5 Å². The number of carbonyl (C=O) groups is 1. The molecule has 2 unspecified atom stereocenters. The van der Waals surface area contributed by atoms with Crippen LogP contribution >= 0.6 is 0 Å². The maximum absolute atomic E-state index is 13.0. The summed E-state index contributed by atoms with van der Waals surface area (Å²) in [4.78, 5) is 13.0. The first-order valence-electron chi connectivity index (χ1n) is 12.7. The molecular weight excluding hydrogens is 465 g/mol. The molecule has 194 valence electrons. The molecule has 6 atom stereocenters. The predicted octanol–water partition coefficient (Wildman–Crippen LogP) is 1.98. The molecule has 8 nitrogen and oxygen atoms in total. The van der Waals surface area contributed by atoms with Gasteiger partial charge in [-0.3, -0.25) is 4.79 Å². The number of nitrogens with two attached hydrogens (primary N) is 1. The number of benzene rings is 1. The van der Waals surface area contributed by atoms with Crippen molar-refractivity contribution in [2.24, 2.45) is 23.0 Å². The summed E-state index contributed by atoms with van der Waals surface area (Å²) in [5, 5.41) is 2.99. The van der Waals surface area contributed by atoms with E-state index in [1.807, 2.05) is 18.2 Å². The van der Waals surface area contributed by atoms with E-state index in [1.54, 1.807) is 0 Å². The van der Waals surface area contributed by atoms with Crippen LogP contribution in [0.2, 0.25) is 0 Å². The SMILES string of the molecule is CN(C)S(=O)(=O)CC(N)C(=O)NC(CCCc1ccccc1)B1O[C@@H]2C[C@@H]3C[C@@H](C3(C)C)[C@]2(C)O1. The number of nitrogens with one attached hydrogen (secondary N) is 1. The number of nitrogens with zero attached hydrogens (tertiary/aromatic N) is 1. The van der Waals surface area contributed by atoms with Crippen molar-refractivity contribution in [1.29, 1.82) is 0 Å². The molecule has 0 spiro atoms. The lowest BCUT2D eigenvalue weighted by molar-refractivity contribution is -0.199. The lowest BCUT2D eigenvalue weighted by Crippen LogP contribution is -2.65. The molecular formula is C25H40BN3O5S. The zero-order valence-electron chi connectivity index (χ0n) is 21.6. The third-order valence-electron chi connectivity index (χ3n) is 8.73. The predicted molar refractivity (Wildman–Crippen MR) is 137 cm³/mol. The number of hydrogen-bond donors (Lipinski definition) is 2. The lowest BCUT2D eigenvalue weighted by Gasteiger charge is -2.64. The van der Waals surface area contributed by atoms with Crippen LogP contribution < -0.4 is 11.1 Å². The Kier molecular flexibility index (Phi) is 7.43. The minimum atomic E-state index is -3.61. The molecule has 35 heavy (non-hydrogen) atoms. The quantitative estimate of drug-likeness (QED) is 0.471. The molecule has 3 N–H and O–H groups in total. The van der Waals surface area contributed by atoms with Crippen LogP contribution in [0.5, 0.6) is 0 Å². The number of amides is 1. The van der Waals surface area contributed by atoms with Crippen molar-refractivity contribution in [3.05, 3.63) is 35.9 Å². The summed E-state index contributed by atoms with van der Waals surface area (Å²) in [6.07, 6.45) is 4.43. The van der Waals surface area contributed by atoms with Crippen LogP contribution in [-0.4, -0.2) is 69.3 Å². The Morgan fingerprint density at radius 1 is 1.23 bits per heavy atom. The van der Waals surface area contributed by atoms with Gasteiger partial charge >= 0.3 is 7.12 Å². The maximum Gasteiger partial charge on any atom is 0.481 e. The molecule has 3 aliphatic carbocycles. The largest absolute Gasteiger partial charge is 0.481 e. The van der Waals surface area contributed by atoms with E-state index in [9.17, 15) is 13.2 Å². The summed E-state index contributed by atoms with van der Waals surface area (Å²) in [5.74, 6) is -0.326. The number of rotatable bonds is 10. The Bertz CT molecular complexity index is 1020. The van der Waals surface area contributed by atoms with Crippen molar-refractivity contribution in [3.63, 3.8) is 0 Å². The van der Waals surface area contributed by atoms with Crippen molar-refractivity contribution in [2.75, 3.05) is 19.8 Å². The lowest BCUT2D eigenvalue weighted by atomic mass is 9.43. The van der Waals surface area contributed by atoms with E-state index in [2.05, 4.69) is 38.2 Å². The van der Waals surface area contributed by atoms with Crippen LogP contribution in [0.1, 0.15) is 52.0 Å². The van der Waals surface area contributed by atoms with E-state index < -0.39 is 40.8 Å². The summed E-state index contributed by atoms with van der Waals surface area (Å²) < 4.78 is 38.6. The van der Waals surface area contributed by atoms with Crippen molar-refractivity contribution in [1.82, 2.24) is 9.62 Å². The Morgan fingerprint density at radius 2 is 1.91 bits per heavy atom. The van der Waals surface area contributed by atoms with E-state index in [4.69, 9.17) is 15.0 Å². The van der Waals surface area contributed by atoms with Gasteiger partial charge in [0.1, 0.15) is 0 Å². The zero-order chi connectivity index (χ0) is 25.6. The highest BCUT2D eigenvalue weighted by Gasteiger charge is 2.68. The molecule has 1 amide bonds. The van der Waals surface area contributed by atoms with Gasteiger partial charge in [-0.05, 0) is 61.8 Å². The molecule has 10 heteroatoms. The Hall–Kier alpha value is -1.46. The first-order chi connectivity index (χ1) is 16.3. The fraction of sp³-hybridized carbons (Fsp3) is 0.720. The van der Waals surface area contributed by atoms with E-state index in [-0.39, 0.29) is 17.1 Å². The van der Waals surface area contributed by atoms with Gasteiger partial charge in [-0.2, -0.15) is 0 Å². The van der Waals surface area contributed by atoms with E-state index in [0.29, 0.717) is 18.3 Å². The average molecular weight is 505 g/mol. The standard InChI is InChI=1S/C25H40BN3O5S/c1-24(2)18-14-20(24)25(3)21(15-18)33-26(34-25)22(13-9-12-17-10-7-6-8-11-17)28-23(30)19(27)16-35(31,32)29(4)5/h6-8,10-11,18-22H,9,12-16,27H2,1-5H3,(H,28,30)/t18-,19?,20-,21+,22?,25-/m0/s1. The van der Waals surface area contributed by atoms with Gasteiger partial charge in [0.05, 0.1) is 29.4 Å². The molecule has 4 aliphatic rings. The highest BCUT2D eigenvalue weighted by molar-refractivity contribution is 7.89. The molecule has 1 heterocycles. The van der Waals surface area contributed by atoms with Crippen LogP contribution in [0.4, 0.5) is 0 Å². The zero-order valence-corrected chi connectivity index (χ0v) is 22.4. The fourth-order valence-corrected chi connectivity index (χ4v) is 7.16. The van der Waals surface area contributed by atoms with Crippen LogP contribution in [0.3, 0.4) is 0 Å². The molecule has 2 bridgehead atoms. The van der Waals surface area contributed by atoms with Gasteiger partial charge in [-0.1, -0.05) is 44.2 Å².